The molecule has 2 aromatic heterocycles. The van der Waals surface area contributed by atoms with Gasteiger partial charge in [-0.25, -0.2) is 0 Å². The summed E-state index contributed by atoms with van der Waals surface area (Å²) in [5, 5.41) is 23.3. The predicted octanol–water partition coefficient (Wildman–Crippen LogP) is 4.83. The summed E-state index contributed by atoms with van der Waals surface area (Å²) in [6, 6.07) is 11.8. The van der Waals surface area contributed by atoms with Gasteiger partial charge in [0.05, 0.1) is 11.4 Å². The second-order valence-corrected chi connectivity index (χ2v) is 8.62. The number of phenols is 1. The van der Waals surface area contributed by atoms with Crippen molar-refractivity contribution in [3.8, 4) is 28.3 Å². The molecule has 1 N–H and O–H groups in total. The first kappa shape index (κ1) is 18.2. The summed E-state index contributed by atoms with van der Waals surface area (Å²) < 4.78 is 5.28. The maximum Gasteiger partial charge on any atom is 0.167 e. The Bertz CT molecular complexity index is 1000. The van der Waals surface area contributed by atoms with Gasteiger partial charge in [-0.1, -0.05) is 24.1 Å². The molecular formula is C23H26N4O2. The number of phenolic OH excluding ortho intramolecular Hbond substituents is 1. The number of fused-ring (bicyclic) bond motifs is 2. The molecule has 0 aliphatic heterocycles. The van der Waals surface area contributed by atoms with Crippen molar-refractivity contribution in [2.24, 2.45) is 11.8 Å². The van der Waals surface area contributed by atoms with E-state index in [0.717, 1.165) is 28.9 Å². The summed E-state index contributed by atoms with van der Waals surface area (Å²) in [6.45, 7) is 1.87. The monoisotopic (exact) mass is 390 g/mol. The zero-order valence-corrected chi connectivity index (χ0v) is 16.9. The second kappa shape index (κ2) is 7.17. The van der Waals surface area contributed by atoms with Crippen molar-refractivity contribution in [3.63, 3.8) is 0 Å². The van der Waals surface area contributed by atoms with E-state index in [1.807, 2.05) is 37.3 Å². The van der Waals surface area contributed by atoms with Gasteiger partial charge in [0, 0.05) is 30.3 Å². The molecule has 3 atom stereocenters. The Morgan fingerprint density at radius 1 is 1.00 bits per heavy atom. The van der Waals surface area contributed by atoms with Gasteiger partial charge in [-0.2, -0.15) is 0 Å². The van der Waals surface area contributed by atoms with Gasteiger partial charge in [0.1, 0.15) is 5.75 Å². The van der Waals surface area contributed by atoms with Gasteiger partial charge < -0.3 is 14.5 Å². The minimum Gasteiger partial charge on any atom is -0.507 e. The molecule has 0 amide bonds. The van der Waals surface area contributed by atoms with E-state index >= 15 is 0 Å². The van der Waals surface area contributed by atoms with Gasteiger partial charge in [-0.3, -0.25) is 0 Å². The topological polar surface area (TPSA) is 75.3 Å². The maximum atomic E-state index is 10.5. The molecule has 2 aliphatic rings. The van der Waals surface area contributed by atoms with Gasteiger partial charge in [-0.15, -0.1) is 10.2 Å². The quantitative estimate of drug-likeness (QED) is 0.688. The Morgan fingerprint density at radius 3 is 2.41 bits per heavy atom. The lowest BCUT2D eigenvalue weighted by Crippen LogP contribution is -2.37. The highest BCUT2D eigenvalue weighted by molar-refractivity contribution is 5.72. The van der Waals surface area contributed by atoms with Crippen molar-refractivity contribution >= 4 is 5.82 Å². The molecule has 0 saturated heterocycles. The Morgan fingerprint density at radius 2 is 1.79 bits per heavy atom. The number of hydrogen-bond acceptors (Lipinski definition) is 6. The summed E-state index contributed by atoms with van der Waals surface area (Å²) in [5.74, 6) is 3.45. The fraction of sp³-hybridized carbons (Fsp3) is 0.435. The number of aromatic hydroxyl groups is 1. The first-order valence-electron chi connectivity index (χ1n) is 10.4. The number of benzene rings is 1. The lowest BCUT2D eigenvalue weighted by Gasteiger charge is -2.35. The van der Waals surface area contributed by atoms with Crippen LogP contribution in [0, 0.1) is 18.8 Å². The highest BCUT2D eigenvalue weighted by Crippen LogP contribution is 2.43. The van der Waals surface area contributed by atoms with E-state index in [4.69, 9.17) is 4.52 Å². The molecule has 29 heavy (non-hydrogen) atoms. The second-order valence-electron chi connectivity index (χ2n) is 8.62. The molecule has 5 rings (SSSR count). The van der Waals surface area contributed by atoms with Crippen molar-refractivity contribution in [3.05, 3.63) is 42.1 Å². The molecule has 6 nitrogen and oxygen atoms in total. The molecular weight excluding hydrogens is 364 g/mol. The number of rotatable bonds is 4. The van der Waals surface area contributed by atoms with Crippen LogP contribution in [-0.4, -0.2) is 33.6 Å². The molecule has 0 spiro atoms. The van der Waals surface area contributed by atoms with Gasteiger partial charge in [-0.05, 0) is 62.3 Å². The molecule has 150 valence electrons. The number of nitrogens with zero attached hydrogens (tertiary/aromatic N) is 4. The van der Waals surface area contributed by atoms with E-state index in [1.165, 1.54) is 32.1 Å². The summed E-state index contributed by atoms with van der Waals surface area (Å²) in [5.41, 5.74) is 2.90. The average molecular weight is 390 g/mol. The molecule has 1 aromatic carbocycles. The van der Waals surface area contributed by atoms with E-state index in [0.29, 0.717) is 23.1 Å². The Labute approximate surface area is 170 Å². The average Bonchev–Trinajstić information content (AvgIpc) is 3.32. The van der Waals surface area contributed by atoms with Crippen LogP contribution in [0.25, 0.3) is 22.6 Å². The van der Waals surface area contributed by atoms with Crippen molar-refractivity contribution in [2.45, 2.75) is 45.1 Å². The van der Waals surface area contributed by atoms with Crippen LogP contribution >= 0.6 is 0 Å². The molecule has 0 unspecified atom stereocenters. The van der Waals surface area contributed by atoms with Crippen LogP contribution in [0.3, 0.4) is 0 Å². The van der Waals surface area contributed by atoms with Crippen LogP contribution in [0.4, 0.5) is 5.82 Å². The van der Waals surface area contributed by atoms with Crippen LogP contribution in [0.1, 0.15) is 37.8 Å². The van der Waals surface area contributed by atoms with E-state index in [1.54, 1.807) is 6.07 Å². The molecule has 2 aliphatic carbocycles. The van der Waals surface area contributed by atoms with Gasteiger partial charge in [0.2, 0.25) is 0 Å². The summed E-state index contributed by atoms with van der Waals surface area (Å²) in [7, 11) is 2.13. The highest BCUT2D eigenvalue weighted by Gasteiger charge is 2.36. The zero-order chi connectivity index (χ0) is 20.0. The summed E-state index contributed by atoms with van der Waals surface area (Å²) in [4.78, 5) is 2.29. The van der Waals surface area contributed by atoms with Gasteiger partial charge in [0.25, 0.3) is 0 Å². The van der Waals surface area contributed by atoms with E-state index in [2.05, 4.69) is 27.3 Å². The molecule has 0 radical (unpaired) electrons. The fourth-order valence-corrected chi connectivity index (χ4v) is 5.03. The van der Waals surface area contributed by atoms with Crippen molar-refractivity contribution < 1.29 is 9.63 Å². The number of aromatic nitrogens is 3. The summed E-state index contributed by atoms with van der Waals surface area (Å²) >= 11 is 0. The lowest BCUT2D eigenvalue weighted by molar-refractivity contribution is 0.312. The molecule has 3 aromatic rings. The van der Waals surface area contributed by atoms with Crippen molar-refractivity contribution in [1.82, 2.24) is 15.4 Å². The number of anilines is 1. The Balaban J connectivity index is 1.34. The van der Waals surface area contributed by atoms with Crippen molar-refractivity contribution in [2.75, 3.05) is 11.9 Å². The molecule has 2 heterocycles. The standard InChI is InChI=1S/C23H26N4O2/c1-14-9-22(29-26-14)17-5-6-19(21(28)13-17)20-7-8-23(25-24-20)27(2)18-11-15-3-4-16(10-15)12-18/h5-9,13,15-16,18,28H,3-4,10-12H2,1-2H3/t15-,16+,18+. The Kier molecular flexibility index (Phi) is 4.49. The van der Waals surface area contributed by atoms with Crippen molar-refractivity contribution in [1.29, 1.82) is 0 Å². The normalized spacial score (nSPS) is 23.3. The van der Waals surface area contributed by atoms with Crippen LogP contribution in [0.5, 0.6) is 5.75 Å². The van der Waals surface area contributed by atoms with E-state index < -0.39 is 0 Å². The number of hydrogen-bond donors (Lipinski definition) is 1. The summed E-state index contributed by atoms with van der Waals surface area (Å²) in [6.07, 6.45) is 6.72. The first-order valence-corrected chi connectivity index (χ1v) is 10.4. The third kappa shape index (κ3) is 3.48. The lowest BCUT2D eigenvalue weighted by atomic mass is 9.85. The van der Waals surface area contributed by atoms with Gasteiger partial charge >= 0.3 is 0 Å². The first-order chi connectivity index (χ1) is 14.1. The van der Waals surface area contributed by atoms with E-state index in [9.17, 15) is 5.11 Å². The highest BCUT2D eigenvalue weighted by atomic mass is 16.5. The van der Waals surface area contributed by atoms with Crippen LogP contribution in [-0.2, 0) is 0 Å². The molecule has 2 bridgehead atoms. The van der Waals surface area contributed by atoms with Crippen LogP contribution in [0.15, 0.2) is 40.9 Å². The van der Waals surface area contributed by atoms with E-state index in [-0.39, 0.29) is 5.75 Å². The zero-order valence-electron chi connectivity index (χ0n) is 16.9. The minimum absolute atomic E-state index is 0.149. The Hall–Kier alpha value is -2.89. The molecule has 6 heteroatoms. The third-order valence-electron chi connectivity index (χ3n) is 6.61. The SMILES string of the molecule is Cc1cc(-c2ccc(-c3ccc(N(C)[C@H]4C[C@@H]5CC[C@@H](C5)C4)nn3)c(O)c2)on1. The van der Waals surface area contributed by atoms with Crippen LogP contribution < -0.4 is 4.90 Å². The van der Waals surface area contributed by atoms with Crippen LogP contribution in [0.2, 0.25) is 0 Å². The molecule has 2 saturated carbocycles. The largest absolute Gasteiger partial charge is 0.507 e. The third-order valence-corrected chi connectivity index (χ3v) is 6.61. The molecule has 2 fully saturated rings. The predicted molar refractivity (Wildman–Crippen MR) is 112 cm³/mol. The number of aryl methyl sites for hydroxylation is 1. The fourth-order valence-electron chi connectivity index (χ4n) is 5.03. The van der Waals surface area contributed by atoms with Gasteiger partial charge in [0.15, 0.2) is 11.6 Å². The smallest absolute Gasteiger partial charge is 0.167 e. The minimum atomic E-state index is 0.149. The maximum absolute atomic E-state index is 10.5.